The van der Waals surface area contributed by atoms with Gasteiger partial charge in [-0.25, -0.2) is 4.79 Å². The molecule has 3 rings (SSSR count). The zero-order valence-corrected chi connectivity index (χ0v) is 13.8. The number of primary amides is 1. The van der Waals surface area contributed by atoms with Crippen molar-refractivity contribution in [3.63, 3.8) is 0 Å². The Hall–Kier alpha value is -2.76. The van der Waals surface area contributed by atoms with Gasteiger partial charge in [-0.1, -0.05) is 13.0 Å². The molecule has 0 bridgehead atoms. The predicted octanol–water partition coefficient (Wildman–Crippen LogP) is 3.17. The van der Waals surface area contributed by atoms with Crippen molar-refractivity contribution < 1.29 is 14.0 Å². The lowest BCUT2D eigenvalue weighted by Gasteiger charge is -2.16. The fourth-order valence-corrected chi connectivity index (χ4v) is 2.80. The number of furan rings is 1. The van der Waals surface area contributed by atoms with E-state index in [2.05, 4.69) is 12.2 Å². The molecule has 1 aromatic carbocycles. The zero-order chi connectivity index (χ0) is 17.3. The average Bonchev–Trinajstić information content (AvgIpc) is 3.08. The fraction of sp³-hybridized carbons (Fsp3) is 0.333. The normalized spacial score (nSPS) is 18.9. The highest BCUT2D eigenvalue weighted by Gasteiger charge is 2.36. The van der Waals surface area contributed by atoms with Crippen LogP contribution in [0.1, 0.15) is 41.1 Å². The first-order chi connectivity index (χ1) is 11.4. The zero-order valence-electron chi connectivity index (χ0n) is 13.8. The molecule has 0 unspecified atom stereocenters. The van der Waals surface area contributed by atoms with Crippen LogP contribution in [0.15, 0.2) is 40.8 Å². The number of benzene rings is 1. The Morgan fingerprint density at radius 1 is 1.33 bits per heavy atom. The summed E-state index contributed by atoms with van der Waals surface area (Å²) < 4.78 is 5.84. The van der Waals surface area contributed by atoms with E-state index in [0.717, 1.165) is 11.5 Å². The van der Waals surface area contributed by atoms with Gasteiger partial charge in [-0.15, -0.1) is 0 Å². The van der Waals surface area contributed by atoms with Crippen LogP contribution in [0, 0.1) is 5.92 Å². The molecule has 24 heavy (non-hydrogen) atoms. The molecule has 0 spiro atoms. The molecule has 1 saturated carbocycles. The van der Waals surface area contributed by atoms with E-state index >= 15 is 0 Å². The molecule has 0 aliphatic heterocycles. The number of hydrogen-bond donors (Lipinski definition) is 2. The van der Waals surface area contributed by atoms with Crippen LogP contribution in [0.5, 0.6) is 0 Å². The Bertz CT molecular complexity index is 768. The summed E-state index contributed by atoms with van der Waals surface area (Å²) in [6.45, 7) is 2.60. The molecule has 3 N–H and O–H groups in total. The highest BCUT2D eigenvalue weighted by Crippen LogP contribution is 2.47. The van der Waals surface area contributed by atoms with Crippen molar-refractivity contribution in [3.8, 4) is 0 Å². The Kier molecular flexibility index (Phi) is 4.29. The minimum Gasteiger partial charge on any atom is -0.464 e. The number of rotatable bonds is 5. The van der Waals surface area contributed by atoms with E-state index in [1.165, 1.54) is 6.42 Å². The van der Waals surface area contributed by atoms with Gasteiger partial charge in [0.25, 0.3) is 5.91 Å². The number of anilines is 1. The van der Waals surface area contributed by atoms with Gasteiger partial charge in [0.1, 0.15) is 11.5 Å². The molecule has 0 saturated heterocycles. The van der Waals surface area contributed by atoms with Gasteiger partial charge >= 0.3 is 6.03 Å². The lowest BCUT2D eigenvalue weighted by molar-refractivity contribution is 0.0775. The number of carbonyl (C=O) groups is 2. The summed E-state index contributed by atoms with van der Waals surface area (Å²) in [7, 11) is 1.72. The largest absolute Gasteiger partial charge is 0.464 e. The number of hydrogen-bond acceptors (Lipinski definition) is 3. The highest BCUT2D eigenvalue weighted by molar-refractivity contribution is 5.96. The molecule has 1 aliphatic rings. The maximum Gasteiger partial charge on any atom is 0.316 e. The molecule has 1 aromatic heterocycles. The van der Waals surface area contributed by atoms with Gasteiger partial charge in [-0.3, -0.25) is 4.79 Å². The number of carbonyl (C=O) groups excluding carboxylic acids is 2. The third-order valence-corrected chi connectivity index (χ3v) is 4.27. The maximum atomic E-state index is 12.5. The van der Waals surface area contributed by atoms with E-state index in [1.54, 1.807) is 36.2 Å². The van der Waals surface area contributed by atoms with Crippen LogP contribution in [-0.2, 0) is 6.54 Å². The standard InChI is InChI=1S/C18H21N3O3/c1-11-8-15(11)16-7-6-14(24-16)10-21(2)17(22)12-4-3-5-13(9-12)20-18(19)23/h3-7,9,11,15H,8,10H2,1-2H3,(H3,19,20,23)/t11-,15-/m1/s1. The number of amides is 3. The van der Waals surface area contributed by atoms with E-state index in [0.29, 0.717) is 29.6 Å². The summed E-state index contributed by atoms with van der Waals surface area (Å²) in [5.74, 6) is 2.83. The summed E-state index contributed by atoms with van der Waals surface area (Å²) in [4.78, 5) is 25.0. The van der Waals surface area contributed by atoms with Crippen LogP contribution in [-0.4, -0.2) is 23.9 Å². The van der Waals surface area contributed by atoms with E-state index in [4.69, 9.17) is 10.2 Å². The van der Waals surface area contributed by atoms with Gasteiger partial charge < -0.3 is 20.4 Å². The van der Waals surface area contributed by atoms with Gasteiger partial charge in [0.2, 0.25) is 0 Å². The maximum absolute atomic E-state index is 12.5. The first-order valence-electron chi connectivity index (χ1n) is 7.94. The highest BCUT2D eigenvalue weighted by atomic mass is 16.3. The first kappa shape index (κ1) is 16.1. The quantitative estimate of drug-likeness (QED) is 0.884. The van der Waals surface area contributed by atoms with Crippen LogP contribution in [0.25, 0.3) is 0 Å². The summed E-state index contributed by atoms with van der Waals surface area (Å²) >= 11 is 0. The molecule has 0 radical (unpaired) electrons. The van der Waals surface area contributed by atoms with Gasteiger partial charge in [0.15, 0.2) is 0 Å². The molecule has 126 valence electrons. The van der Waals surface area contributed by atoms with Crippen LogP contribution in [0.3, 0.4) is 0 Å². The average molecular weight is 327 g/mol. The van der Waals surface area contributed by atoms with Crippen molar-refractivity contribution in [1.29, 1.82) is 0 Å². The number of nitrogens with one attached hydrogen (secondary N) is 1. The van der Waals surface area contributed by atoms with Crippen LogP contribution >= 0.6 is 0 Å². The van der Waals surface area contributed by atoms with Gasteiger partial charge in [0, 0.05) is 24.2 Å². The molecule has 2 atom stereocenters. The van der Waals surface area contributed by atoms with E-state index in [9.17, 15) is 9.59 Å². The van der Waals surface area contributed by atoms with Crippen LogP contribution in [0.2, 0.25) is 0 Å². The lowest BCUT2D eigenvalue weighted by Crippen LogP contribution is -2.26. The SMILES string of the molecule is C[C@@H]1C[C@H]1c1ccc(CN(C)C(=O)c2cccc(NC(N)=O)c2)o1. The van der Waals surface area contributed by atoms with Crippen LogP contribution in [0.4, 0.5) is 10.5 Å². The number of urea groups is 1. The summed E-state index contributed by atoms with van der Waals surface area (Å²) in [6, 6.07) is 9.94. The second kappa shape index (κ2) is 6.39. The first-order valence-corrected chi connectivity index (χ1v) is 7.94. The third-order valence-electron chi connectivity index (χ3n) is 4.27. The Morgan fingerprint density at radius 2 is 2.08 bits per heavy atom. The second-order valence-corrected chi connectivity index (χ2v) is 6.35. The Morgan fingerprint density at radius 3 is 2.75 bits per heavy atom. The Labute approximate surface area is 140 Å². The summed E-state index contributed by atoms with van der Waals surface area (Å²) in [5.41, 5.74) is 6.06. The lowest BCUT2D eigenvalue weighted by atomic mass is 10.1. The topological polar surface area (TPSA) is 88.6 Å². The molecule has 1 heterocycles. The van der Waals surface area contributed by atoms with Crippen molar-refractivity contribution in [2.45, 2.75) is 25.8 Å². The van der Waals surface area contributed by atoms with Gasteiger partial charge in [0.05, 0.1) is 6.54 Å². The second-order valence-electron chi connectivity index (χ2n) is 6.35. The molecule has 3 amide bonds. The summed E-state index contributed by atoms with van der Waals surface area (Å²) in [6.07, 6.45) is 1.17. The molecular formula is C18H21N3O3. The van der Waals surface area contributed by atoms with Crippen molar-refractivity contribution in [2.75, 3.05) is 12.4 Å². The minimum absolute atomic E-state index is 0.152. The van der Waals surface area contributed by atoms with E-state index in [1.807, 2.05) is 12.1 Å². The number of nitrogens with two attached hydrogens (primary N) is 1. The molecule has 1 fully saturated rings. The smallest absolute Gasteiger partial charge is 0.316 e. The summed E-state index contributed by atoms with van der Waals surface area (Å²) in [5, 5.41) is 2.47. The van der Waals surface area contributed by atoms with Gasteiger partial charge in [-0.2, -0.15) is 0 Å². The van der Waals surface area contributed by atoms with Crippen molar-refractivity contribution in [2.24, 2.45) is 11.7 Å². The molecule has 6 nitrogen and oxygen atoms in total. The molecule has 2 aromatic rings. The van der Waals surface area contributed by atoms with Crippen molar-refractivity contribution in [1.82, 2.24) is 4.90 Å². The van der Waals surface area contributed by atoms with E-state index in [-0.39, 0.29) is 5.91 Å². The van der Waals surface area contributed by atoms with Crippen molar-refractivity contribution in [3.05, 3.63) is 53.5 Å². The van der Waals surface area contributed by atoms with Gasteiger partial charge in [-0.05, 0) is 42.7 Å². The molecular weight excluding hydrogens is 306 g/mol. The van der Waals surface area contributed by atoms with E-state index < -0.39 is 6.03 Å². The van der Waals surface area contributed by atoms with Crippen molar-refractivity contribution >= 4 is 17.6 Å². The minimum atomic E-state index is -0.662. The third kappa shape index (κ3) is 3.59. The predicted molar refractivity (Wildman–Crippen MR) is 90.7 cm³/mol. The van der Waals surface area contributed by atoms with Crippen LogP contribution < -0.4 is 11.1 Å². The monoisotopic (exact) mass is 327 g/mol. The molecule has 1 aliphatic carbocycles. The Balaban J connectivity index is 1.66. The fourth-order valence-electron chi connectivity index (χ4n) is 2.80. The number of nitrogens with zero attached hydrogens (tertiary/aromatic N) is 1. The molecule has 6 heteroatoms.